The van der Waals surface area contributed by atoms with Crippen LogP contribution in [0.25, 0.3) is 0 Å². The molecule has 0 heterocycles. The predicted molar refractivity (Wildman–Crippen MR) is 123 cm³/mol. The molecule has 1 N–H and O–H groups in total. The first-order chi connectivity index (χ1) is 17.3. The number of methoxy groups -OCH3 is 2. The fraction of sp³-hybridized carbons (Fsp3) is 0.167. The van der Waals surface area contributed by atoms with Gasteiger partial charge in [0.25, 0.3) is 5.91 Å². The Morgan fingerprint density at radius 1 is 0.892 bits per heavy atom. The summed E-state index contributed by atoms with van der Waals surface area (Å²) in [6, 6.07) is 4.62. The van der Waals surface area contributed by atoms with Crippen molar-refractivity contribution in [3.63, 3.8) is 0 Å². The summed E-state index contributed by atoms with van der Waals surface area (Å²) in [4.78, 5) is 25.3. The average Bonchev–Trinajstić information content (AvgIpc) is 2.81. The maximum Gasteiger partial charge on any atom is 0.419 e. The van der Waals surface area contributed by atoms with Crippen molar-refractivity contribution in [3.05, 3.63) is 75.0 Å². The molecule has 37 heavy (non-hydrogen) atoms. The average molecular weight is 592 g/mol. The number of hydrogen-bond donors (Lipinski definition) is 1. The molecule has 0 aromatic heterocycles. The Balaban J connectivity index is 2.15. The summed E-state index contributed by atoms with van der Waals surface area (Å²) in [5, 5.41) is 2.32. The van der Waals surface area contributed by atoms with Crippen molar-refractivity contribution in [1.29, 1.82) is 0 Å². The summed E-state index contributed by atoms with van der Waals surface area (Å²) in [6.45, 7) is 1.19. The van der Waals surface area contributed by atoms with E-state index in [9.17, 15) is 35.9 Å². The molecular formula is C24H16BrF6NO5. The number of nitrogens with one attached hydrogen (secondary N) is 1. The first-order valence-corrected chi connectivity index (χ1v) is 10.9. The number of anilines is 1. The Morgan fingerprint density at radius 2 is 1.54 bits per heavy atom. The minimum absolute atomic E-state index is 0.0372. The van der Waals surface area contributed by atoms with Crippen LogP contribution in [-0.2, 0) is 6.18 Å². The molecule has 3 rings (SSSR count). The van der Waals surface area contributed by atoms with E-state index in [0.29, 0.717) is 6.07 Å². The number of rotatable bonds is 7. The number of Topliss-reactive ketones (excluding diaryl/α,β-unsaturated/α-hetero) is 1. The largest absolute Gasteiger partial charge is 0.496 e. The van der Waals surface area contributed by atoms with E-state index in [1.54, 1.807) is 0 Å². The number of hydrogen-bond acceptors (Lipinski definition) is 5. The summed E-state index contributed by atoms with van der Waals surface area (Å²) in [6.07, 6.45) is -5.18. The molecule has 1 amide bonds. The molecule has 6 nitrogen and oxygen atoms in total. The van der Waals surface area contributed by atoms with Crippen molar-refractivity contribution in [2.45, 2.75) is 13.1 Å². The number of ether oxygens (including phenoxy) is 3. The maximum atomic E-state index is 14.4. The number of amides is 1. The van der Waals surface area contributed by atoms with Crippen molar-refractivity contribution in [1.82, 2.24) is 0 Å². The van der Waals surface area contributed by atoms with E-state index in [2.05, 4.69) is 21.2 Å². The lowest BCUT2D eigenvalue weighted by Gasteiger charge is -2.18. The van der Waals surface area contributed by atoms with Gasteiger partial charge in [0.05, 0.1) is 41.1 Å². The molecule has 0 atom stereocenters. The molecule has 3 aromatic rings. The van der Waals surface area contributed by atoms with Crippen molar-refractivity contribution < 1.29 is 50.1 Å². The lowest BCUT2D eigenvalue weighted by molar-refractivity contribution is -0.140. The van der Waals surface area contributed by atoms with Crippen LogP contribution in [0.5, 0.6) is 23.0 Å². The molecule has 0 aliphatic heterocycles. The molecular weight excluding hydrogens is 576 g/mol. The lowest BCUT2D eigenvalue weighted by Crippen LogP contribution is -2.18. The first-order valence-electron chi connectivity index (χ1n) is 10.1. The Kier molecular flexibility index (Phi) is 8.06. The Morgan fingerprint density at radius 3 is 2.11 bits per heavy atom. The molecule has 3 aromatic carbocycles. The Bertz CT molecular complexity index is 1390. The number of halogens is 7. The van der Waals surface area contributed by atoms with Crippen LogP contribution in [0.15, 0.2) is 40.9 Å². The standard InChI is InChI=1S/C24H16BrF6NO5/c1-10(33)19-15(5-7-16(35-2)20(19)25)32-23(34)11-8-14(27)12(24(29,30)31)9-18(11)37-17-6-4-13(26)21(28)22(17)36-3/h4-9H,1-3H3,(H,32,34). The molecule has 0 fully saturated rings. The Labute approximate surface area is 214 Å². The monoisotopic (exact) mass is 591 g/mol. The van der Waals surface area contributed by atoms with Gasteiger partial charge in [-0.05, 0) is 59.3 Å². The molecule has 0 bridgehead atoms. The van der Waals surface area contributed by atoms with Gasteiger partial charge in [-0.3, -0.25) is 9.59 Å². The van der Waals surface area contributed by atoms with Crippen LogP contribution >= 0.6 is 15.9 Å². The van der Waals surface area contributed by atoms with Gasteiger partial charge in [-0.15, -0.1) is 0 Å². The van der Waals surface area contributed by atoms with Crippen LogP contribution in [0.2, 0.25) is 0 Å². The molecule has 0 saturated carbocycles. The normalized spacial score (nSPS) is 11.2. The van der Waals surface area contributed by atoms with E-state index in [-0.39, 0.29) is 33.6 Å². The third-order valence-electron chi connectivity index (χ3n) is 4.98. The zero-order valence-corrected chi connectivity index (χ0v) is 20.7. The molecule has 196 valence electrons. The van der Waals surface area contributed by atoms with Gasteiger partial charge in [-0.2, -0.15) is 17.6 Å². The second kappa shape index (κ2) is 10.7. The fourth-order valence-electron chi connectivity index (χ4n) is 3.29. The summed E-state index contributed by atoms with van der Waals surface area (Å²) in [7, 11) is 2.29. The van der Waals surface area contributed by atoms with Gasteiger partial charge in [-0.1, -0.05) is 0 Å². The number of benzene rings is 3. The van der Waals surface area contributed by atoms with Crippen molar-refractivity contribution in [2.24, 2.45) is 0 Å². The maximum absolute atomic E-state index is 14.4. The Hall–Kier alpha value is -3.74. The van der Waals surface area contributed by atoms with Crippen LogP contribution in [0.4, 0.5) is 32.0 Å². The minimum Gasteiger partial charge on any atom is -0.496 e. The smallest absolute Gasteiger partial charge is 0.419 e. The van der Waals surface area contributed by atoms with Gasteiger partial charge >= 0.3 is 6.18 Å². The highest BCUT2D eigenvalue weighted by Crippen LogP contribution is 2.41. The molecule has 13 heteroatoms. The molecule has 0 aliphatic carbocycles. The first kappa shape index (κ1) is 27.8. The molecule has 0 saturated heterocycles. The van der Waals surface area contributed by atoms with Crippen molar-refractivity contribution >= 4 is 33.3 Å². The van der Waals surface area contributed by atoms with Gasteiger partial charge in [0.1, 0.15) is 17.3 Å². The van der Waals surface area contributed by atoms with E-state index in [1.807, 2.05) is 0 Å². The highest BCUT2D eigenvalue weighted by molar-refractivity contribution is 9.10. The number of carbonyl (C=O) groups excluding carboxylic acids is 2. The summed E-state index contributed by atoms with van der Waals surface area (Å²) < 4.78 is 97.6. The topological polar surface area (TPSA) is 73.9 Å². The van der Waals surface area contributed by atoms with Gasteiger partial charge in [0.15, 0.2) is 17.3 Å². The van der Waals surface area contributed by atoms with E-state index >= 15 is 0 Å². The van der Waals surface area contributed by atoms with Gasteiger partial charge in [-0.25, -0.2) is 8.78 Å². The lowest BCUT2D eigenvalue weighted by atomic mass is 10.1. The highest BCUT2D eigenvalue weighted by atomic mass is 79.9. The number of alkyl halides is 3. The van der Waals surface area contributed by atoms with Crippen LogP contribution in [0.1, 0.15) is 33.2 Å². The third-order valence-corrected chi connectivity index (χ3v) is 5.77. The molecule has 0 radical (unpaired) electrons. The van der Waals surface area contributed by atoms with Crippen LogP contribution < -0.4 is 19.5 Å². The van der Waals surface area contributed by atoms with Gasteiger partial charge in [0.2, 0.25) is 11.6 Å². The quantitative estimate of drug-likeness (QED) is 0.233. The van der Waals surface area contributed by atoms with Crippen LogP contribution in [-0.4, -0.2) is 25.9 Å². The second-order valence-corrected chi connectivity index (χ2v) is 8.13. The minimum atomic E-state index is -5.18. The second-order valence-electron chi connectivity index (χ2n) is 7.34. The van der Waals surface area contributed by atoms with E-state index < -0.39 is 63.7 Å². The summed E-state index contributed by atoms with van der Waals surface area (Å²) in [5.41, 5.74) is -2.65. The molecule has 0 aliphatic rings. The number of carbonyl (C=O) groups is 2. The highest BCUT2D eigenvalue weighted by Gasteiger charge is 2.36. The van der Waals surface area contributed by atoms with Crippen molar-refractivity contribution in [3.8, 4) is 23.0 Å². The predicted octanol–water partition coefficient (Wildman–Crippen LogP) is 7.15. The van der Waals surface area contributed by atoms with E-state index in [4.69, 9.17) is 14.2 Å². The molecule has 0 spiro atoms. The van der Waals surface area contributed by atoms with Crippen LogP contribution in [0.3, 0.4) is 0 Å². The molecule has 0 unspecified atom stereocenters. The zero-order valence-electron chi connectivity index (χ0n) is 19.2. The van der Waals surface area contributed by atoms with Crippen molar-refractivity contribution in [2.75, 3.05) is 19.5 Å². The summed E-state index contributed by atoms with van der Waals surface area (Å²) >= 11 is 3.18. The van der Waals surface area contributed by atoms with E-state index in [0.717, 1.165) is 13.2 Å². The van der Waals surface area contributed by atoms with Crippen LogP contribution in [0, 0.1) is 17.5 Å². The van der Waals surface area contributed by atoms with Gasteiger partial charge in [0, 0.05) is 0 Å². The third kappa shape index (κ3) is 5.66. The summed E-state index contributed by atoms with van der Waals surface area (Å²) in [5.74, 6) is -8.33. The number of ketones is 1. The van der Waals surface area contributed by atoms with Gasteiger partial charge < -0.3 is 19.5 Å². The van der Waals surface area contributed by atoms with E-state index in [1.165, 1.54) is 26.2 Å². The SMILES string of the molecule is COc1ccc(NC(=O)c2cc(F)c(C(F)(F)F)cc2Oc2ccc(F)c(F)c2OC)c(C(C)=O)c1Br. The zero-order chi connectivity index (χ0) is 27.7. The fourth-order valence-corrected chi connectivity index (χ4v) is 4.08.